The minimum atomic E-state index is 0.555. The largest absolute Gasteiger partial charge is 0.314 e. The molecule has 0 amide bonds. The lowest BCUT2D eigenvalue weighted by Crippen LogP contribution is -2.28. The van der Waals surface area contributed by atoms with Crippen molar-refractivity contribution >= 4 is 0 Å². The van der Waals surface area contributed by atoms with Crippen LogP contribution >= 0.6 is 0 Å². The third-order valence-corrected chi connectivity index (χ3v) is 3.52. The van der Waals surface area contributed by atoms with Gasteiger partial charge in [0.25, 0.3) is 0 Å². The summed E-state index contributed by atoms with van der Waals surface area (Å²) in [4.78, 5) is 0. The Balaban J connectivity index is 1.59. The first-order valence-electron chi connectivity index (χ1n) is 6.37. The summed E-state index contributed by atoms with van der Waals surface area (Å²) >= 11 is 0. The smallest absolute Gasteiger partial charge is 0.0489 e. The van der Waals surface area contributed by atoms with Crippen LogP contribution in [0.3, 0.4) is 0 Å². The van der Waals surface area contributed by atoms with Gasteiger partial charge in [0.05, 0.1) is 0 Å². The van der Waals surface area contributed by atoms with Crippen molar-refractivity contribution in [2.45, 2.75) is 52.1 Å². The fourth-order valence-electron chi connectivity index (χ4n) is 2.59. The molecule has 1 aromatic rings. The quantitative estimate of drug-likeness (QED) is 0.774. The molecule has 3 nitrogen and oxygen atoms in total. The summed E-state index contributed by atoms with van der Waals surface area (Å²) in [6, 6.07) is 2.72. The Labute approximate surface area is 98.2 Å². The predicted octanol–water partition coefficient (Wildman–Crippen LogP) is 2.44. The van der Waals surface area contributed by atoms with Crippen molar-refractivity contribution in [3.63, 3.8) is 0 Å². The van der Waals surface area contributed by atoms with Crippen LogP contribution in [0.1, 0.15) is 39.5 Å². The SMILES string of the molecule is CC1(C)CCC(NCCCn2cccn2)C1. The Morgan fingerprint density at radius 1 is 1.50 bits per heavy atom. The van der Waals surface area contributed by atoms with Crippen LogP contribution in [0.4, 0.5) is 0 Å². The molecular weight excluding hydrogens is 198 g/mol. The normalized spacial score (nSPS) is 23.8. The van der Waals surface area contributed by atoms with Crippen LogP contribution in [0.2, 0.25) is 0 Å². The summed E-state index contributed by atoms with van der Waals surface area (Å²) in [6.07, 6.45) is 9.07. The van der Waals surface area contributed by atoms with Gasteiger partial charge in [0.2, 0.25) is 0 Å². The lowest BCUT2D eigenvalue weighted by molar-refractivity contribution is 0.363. The first-order valence-corrected chi connectivity index (χ1v) is 6.37. The third-order valence-electron chi connectivity index (χ3n) is 3.52. The zero-order chi connectivity index (χ0) is 11.4. The standard InChI is InChI=1S/C13H23N3/c1-13(2)6-5-12(11-13)14-7-3-9-16-10-4-8-15-16/h4,8,10,12,14H,3,5-7,9,11H2,1-2H3. The molecule has 0 radical (unpaired) electrons. The second kappa shape index (κ2) is 5.00. The molecule has 1 unspecified atom stereocenters. The topological polar surface area (TPSA) is 29.9 Å². The molecule has 3 heteroatoms. The van der Waals surface area contributed by atoms with Crippen LogP contribution in [-0.2, 0) is 6.54 Å². The predicted molar refractivity (Wildman–Crippen MR) is 66.3 cm³/mol. The van der Waals surface area contributed by atoms with E-state index < -0.39 is 0 Å². The maximum Gasteiger partial charge on any atom is 0.0489 e. The van der Waals surface area contributed by atoms with Crippen LogP contribution in [0.25, 0.3) is 0 Å². The van der Waals surface area contributed by atoms with Gasteiger partial charge in [0.15, 0.2) is 0 Å². The van der Waals surface area contributed by atoms with E-state index in [0.29, 0.717) is 5.41 Å². The van der Waals surface area contributed by atoms with E-state index in [9.17, 15) is 0 Å². The van der Waals surface area contributed by atoms with Gasteiger partial charge in [-0.25, -0.2) is 0 Å². The van der Waals surface area contributed by atoms with Gasteiger partial charge in [-0.05, 0) is 43.7 Å². The van der Waals surface area contributed by atoms with Crippen molar-refractivity contribution < 1.29 is 0 Å². The molecular formula is C13H23N3. The number of nitrogens with one attached hydrogen (secondary N) is 1. The average Bonchev–Trinajstić information content (AvgIpc) is 2.82. The summed E-state index contributed by atoms with van der Waals surface area (Å²) in [5.41, 5.74) is 0.555. The number of nitrogens with zero attached hydrogens (tertiary/aromatic N) is 2. The molecule has 1 saturated carbocycles. The molecule has 2 rings (SSSR count). The van der Waals surface area contributed by atoms with E-state index in [1.165, 1.54) is 25.7 Å². The van der Waals surface area contributed by atoms with E-state index in [4.69, 9.17) is 0 Å². The van der Waals surface area contributed by atoms with Crippen LogP contribution < -0.4 is 5.32 Å². The summed E-state index contributed by atoms with van der Waals surface area (Å²) in [5.74, 6) is 0. The number of hydrogen-bond acceptors (Lipinski definition) is 2. The zero-order valence-corrected chi connectivity index (χ0v) is 10.4. The van der Waals surface area contributed by atoms with Crippen LogP contribution in [0, 0.1) is 5.41 Å². The number of rotatable bonds is 5. The molecule has 0 aromatic carbocycles. The third kappa shape index (κ3) is 3.34. The number of hydrogen-bond donors (Lipinski definition) is 1. The summed E-state index contributed by atoms with van der Waals surface area (Å²) in [6.45, 7) is 6.88. The highest BCUT2D eigenvalue weighted by molar-refractivity contribution is 4.86. The minimum Gasteiger partial charge on any atom is -0.314 e. The number of aromatic nitrogens is 2. The highest BCUT2D eigenvalue weighted by Gasteiger charge is 2.30. The van der Waals surface area contributed by atoms with Crippen molar-refractivity contribution in [2.24, 2.45) is 5.41 Å². The van der Waals surface area contributed by atoms with Crippen LogP contribution in [-0.4, -0.2) is 22.4 Å². The molecule has 1 fully saturated rings. The molecule has 1 atom stereocenters. The van der Waals surface area contributed by atoms with Gasteiger partial charge >= 0.3 is 0 Å². The highest BCUT2D eigenvalue weighted by Crippen LogP contribution is 2.36. The Morgan fingerprint density at radius 2 is 2.38 bits per heavy atom. The van der Waals surface area contributed by atoms with Crippen molar-refractivity contribution in [3.05, 3.63) is 18.5 Å². The lowest BCUT2D eigenvalue weighted by atomic mass is 9.92. The fourth-order valence-corrected chi connectivity index (χ4v) is 2.59. The van der Waals surface area contributed by atoms with Gasteiger partial charge in [0, 0.05) is 25.0 Å². The molecule has 1 aliphatic rings. The molecule has 0 bridgehead atoms. The monoisotopic (exact) mass is 221 g/mol. The molecule has 1 aromatic heterocycles. The molecule has 1 heterocycles. The summed E-state index contributed by atoms with van der Waals surface area (Å²) < 4.78 is 2.00. The van der Waals surface area contributed by atoms with Gasteiger partial charge in [-0.15, -0.1) is 0 Å². The second-order valence-corrected chi connectivity index (χ2v) is 5.68. The molecule has 16 heavy (non-hydrogen) atoms. The lowest BCUT2D eigenvalue weighted by Gasteiger charge is -2.17. The second-order valence-electron chi connectivity index (χ2n) is 5.68. The van der Waals surface area contributed by atoms with E-state index in [0.717, 1.165) is 19.1 Å². The molecule has 0 saturated heterocycles. The van der Waals surface area contributed by atoms with E-state index in [-0.39, 0.29) is 0 Å². The van der Waals surface area contributed by atoms with E-state index in [2.05, 4.69) is 24.3 Å². The minimum absolute atomic E-state index is 0.555. The molecule has 1 aliphatic carbocycles. The van der Waals surface area contributed by atoms with Crippen molar-refractivity contribution in [1.82, 2.24) is 15.1 Å². The first kappa shape index (κ1) is 11.6. The molecule has 0 spiro atoms. The van der Waals surface area contributed by atoms with Crippen molar-refractivity contribution in [1.29, 1.82) is 0 Å². The first-order chi connectivity index (χ1) is 7.66. The van der Waals surface area contributed by atoms with Crippen molar-refractivity contribution in [3.8, 4) is 0 Å². The van der Waals surface area contributed by atoms with Gasteiger partial charge in [-0.3, -0.25) is 4.68 Å². The van der Waals surface area contributed by atoms with Gasteiger partial charge < -0.3 is 5.32 Å². The molecule has 0 aliphatic heterocycles. The van der Waals surface area contributed by atoms with Gasteiger partial charge in [-0.1, -0.05) is 13.8 Å². The Hall–Kier alpha value is -0.830. The van der Waals surface area contributed by atoms with E-state index >= 15 is 0 Å². The highest BCUT2D eigenvalue weighted by atomic mass is 15.3. The maximum atomic E-state index is 4.20. The summed E-state index contributed by atoms with van der Waals surface area (Å²) in [7, 11) is 0. The fraction of sp³-hybridized carbons (Fsp3) is 0.769. The van der Waals surface area contributed by atoms with Crippen LogP contribution in [0.15, 0.2) is 18.5 Å². The zero-order valence-electron chi connectivity index (χ0n) is 10.4. The molecule has 1 N–H and O–H groups in total. The average molecular weight is 221 g/mol. The van der Waals surface area contributed by atoms with Crippen molar-refractivity contribution in [2.75, 3.05) is 6.54 Å². The number of aryl methyl sites for hydroxylation is 1. The van der Waals surface area contributed by atoms with E-state index in [1.54, 1.807) is 0 Å². The molecule has 90 valence electrons. The van der Waals surface area contributed by atoms with E-state index in [1.807, 2.05) is 23.1 Å². The summed E-state index contributed by atoms with van der Waals surface area (Å²) in [5, 5.41) is 7.86. The Bertz CT molecular complexity index is 303. The Kier molecular flexibility index (Phi) is 3.64. The van der Waals surface area contributed by atoms with Gasteiger partial charge in [0.1, 0.15) is 0 Å². The van der Waals surface area contributed by atoms with Crippen LogP contribution in [0.5, 0.6) is 0 Å². The van der Waals surface area contributed by atoms with Gasteiger partial charge in [-0.2, -0.15) is 5.10 Å². The Morgan fingerprint density at radius 3 is 3.00 bits per heavy atom. The maximum absolute atomic E-state index is 4.20.